The smallest absolute Gasteiger partial charge is 0.410 e. The van der Waals surface area contributed by atoms with Crippen molar-refractivity contribution in [3.8, 4) is 5.75 Å². The molecule has 0 N–H and O–H groups in total. The maximum absolute atomic E-state index is 12.1. The van der Waals surface area contributed by atoms with E-state index in [0.717, 1.165) is 21.3 Å². The minimum absolute atomic E-state index is 0.330. The number of nitrogens with zero attached hydrogens (tertiary/aromatic N) is 1. The van der Waals surface area contributed by atoms with Gasteiger partial charge in [-0.1, -0.05) is 34.1 Å². The molecule has 4 heteroatoms. The summed E-state index contributed by atoms with van der Waals surface area (Å²) >= 11 is 3.44. The summed E-state index contributed by atoms with van der Waals surface area (Å²) in [6, 6.07) is 13.5. The van der Waals surface area contributed by atoms with Crippen molar-refractivity contribution < 1.29 is 9.53 Å². The molecule has 19 heavy (non-hydrogen) atoms. The third-order valence-electron chi connectivity index (χ3n) is 3.17. The van der Waals surface area contributed by atoms with Gasteiger partial charge in [-0.3, -0.25) is 4.90 Å². The van der Waals surface area contributed by atoms with Crippen LogP contribution in [-0.2, 0) is 6.54 Å². The molecule has 0 bridgehead atoms. The molecule has 0 spiro atoms. The summed E-state index contributed by atoms with van der Waals surface area (Å²) in [5, 5.41) is 0. The van der Waals surface area contributed by atoms with Crippen molar-refractivity contribution in [1.82, 2.24) is 0 Å². The molecule has 0 fully saturated rings. The van der Waals surface area contributed by atoms with Gasteiger partial charge >= 0.3 is 6.09 Å². The Morgan fingerprint density at radius 1 is 1.21 bits per heavy atom. The van der Waals surface area contributed by atoms with Crippen LogP contribution in [0.2, 0.25) is 0 Å². The first-order valence-electron chi connectivity index (χ1n) is 5.98. The maximum atomic E-state index is 12.1. The fraction of sp³-hybridized carbons (Fsp3) is 0.133. The number of halogens is 1. The molecule has 1 aliphatic rings. The second-order valence-corrected chi connectivity index (χ2v) is 5.41. The van der Waals surface area contributed by atoms with Gasteiger partial charge < -0.3 is 4.74 Å². The molecule has 0 aromatic heterocycles. The molecule has 0 saturated heterocycles. The summed E-state index contributed by atoms with van der Waals surface area (Å²) in [6.07, 6.45) is -0.330. The van der Waals surface area contributed by atoms with Crippen molar-refractivity contribution in [3.63, 3.8) is 0 Å². The topological polar surface area (TPSA) is 29.5 Å². The minimum atomic E-state index is -0.330. The maximum Gasteiger partial charge on any atom is 0.420 e. The molecule has 3 nitrogen and oxygen atoms in total. The van der Waals surface area contributed by atoms with Crippen LogP contribution in [0, 0.1) is 6.92 Å². The molecule has 0 radical (unpaired) electrons. The Kier molecular flexibility index (Phi) is 3.03. The molecule has 1 amide bonds. The third-order valence-corrected chi connectivity index (χ3v) is 3.67. The van der Waals surface area contributed by atoms with Crippen LogP contribution in [0.1, 0.15) is 11.1 Å². The van der Waals surface area contributed by atoms with Gasteiger partial charge in [-0.05, 0) is 36.8 Å². The van der Waals surface area contributed by atoms with Crippen molar-refractivity contribution in [1.29, 1.82) is 0 Å². The van der Waals surface area contributed by atoms with Crippen molar-refractivity contribution in [3.05, 3.63) is 58.1 Å². The second-order valence-electron chi connectivity index (χ2n) is 4.49. The van der Waals surface area contributed by atoms with E-state index in [1.165, 1.54) is 0 Å². The number of carbonyl (C=O) groups excluding carboxylic acids is 1. The quantitative estimate of drug-likeness (QED) is 0.785. The Hall–Kier alpha value is -1.81. The van der Waals surface area contributed by atoms with Crippen LogP contribution in [-0.4, -0.2) is 6.09 Å². The molecular formula is C15H12BrNO2. The highest BCUT2D eigenvalue weighted by molar-refractivity contribution is 9.10. The Morgan fingerprint density at radius 3 is 2.79 bits per heavy atom. The summed E-state index contributed by atoms with van der Waals surface area (Å²) in [5.74, 6) is 0.637. The van der Waals surface area contributed by atoms with Crippen LogP contribution >= 0.6 is 15.9 Å². The Morgan fingerprint density at radius 2 is 2.00 bits per heavy atom. The average molecular weight is 318 g/mol. The number of ether oxygens (including phenoxy) is 1. The first kappa shape index (κ1) is 12.2. The highest BCUT2D eigenvalue weighted by Crippen LogP contribution is 2.32. The van der Waals surface area contributed by atoms with E-state index in [2.05, 4.69) is 15.9 Å². The summed E-state index contributed by atoms with van der Waals surface area (Å²) < 4.78 is 6.36. The van der Waals surface area contributed by atoms with Crippen LogP contribution in [0.4, 0.5) is 10.5 Å². The van der Waals surface area contributed by atoms with Crippen LogP contribution in [0.5, 0.6) is 5.75 Å². The van der Waals surface area contributed by atoms with Gasteiger partial charge in [0.15, 0.2) is 0 Å². The van der Waals surface area contributed by atoms with E-state index in [1.807, 2.05) is 49.4 Å². The fourth-order valence-electron chi connectivity index (χ4n) is 2.20. The summed E-state index contributed by atoms with van der Waals surface area (Å²) in [5.41, 5.74) is 2.94. The molecular weight excluding hydrogens is 306 g/mol. The lowest BCUT2D eigenvalue weighted by Gasteiger charge is -2.29. The summed E-state index contributed by atoms with van der Waals surface area (Å²) in [7, 11) is 0. The molecule has 96 valence electrons. The minimum Gasteiger partial charge on any atom is -0.410 e. The fourth-order valence-corrected chi connectivity index (χ4v) is 2.61. The number of benzene rings is 2. The van der Waals surface area contributed by atoms with E-state index < -0.39 is 0 Å². The predicted molar refractivity (Wildman–Crippen MR) is 77.5 cm³/mol. The number of para-hydroxylation sites is 1. The first-order valence-corrected chi connectivity index (χ1v) is 6.78. The monoisotopic (exact) mass is 317 g/mol. The molecule has 0 unspecified atom stereocenters. The van der Waals surface area contributed by atoms with Gasteiger partial charge in [0, 0.05) is 10.0 Å². The van der Waals surface area contributed by atoms with Crippen molar-refractivity contribution in [2.24, 2.45) is 0 Å². The lowest BCUT2D eigenvalue weighted by Crippen LogP contribution is -2.37. The van der Waals surface area contributed by atoms with Crippen LogP contribution < -0.4 is 9.64 Å². The zero-order chi connectivity index (χ0) is 13.4. The molecule has 1 heterocycles. The van der Waals surface area contributed by atoms with E-state index in [1.54, 1.807) is 4.90 Å². The second kappa shape index (κ2) is 4.70. The molecule has 1 aliphatic heterocycles. The number of anilines is 1. The zero-order valence-corrected chi connectivity index (χ0v) is 12.0. The molecule has 0 aliphatic carbocycles. The predicted octanol–water partition coefficient (Wildman–Crippen LogP) is 4.28. The van der Waals surface area contributed by atoms with Crippen molar-refractivity contribution in [2.45, 2.75) is 13.5 Å². The molecule has 2 aromatic carbocycles. The van der Waals surface area contributed by atoms with Crippen molar-refractivity contribution >= 4 is 27.7 Å². The Balaban J connectivity index is 2.02. The van der Waals surface area contributed by atoms with Gasteiger partial charge in [-0.25, -0.2) is 4.79 Å². The van der Waals surface area contributed by atoms with Crippen LogP contribution in [0.3, 0.4) is 0 Å². The van der Waals surface area contributed by atoms with E-state index in [-0.39, 0.29) is 6.09 Å². The van der Waals surface area contributed by atoms with Crippen LogP contribution in [0.25, 0.3) is 0 Å². The lowest BCUT2D eigenvalue weighted by atomic mass is 10.1. The third kappa shape index (κ3) is 2.24. The lowest BCUT2D eigenvalue weighted by molar-refractivity contribution is 0.203. The summed E-state index contributed by atoms with van der Waals surface area (Å²) in [6.45, 7) is 2.51. The number of fused-ring (bicyclic) bond motifs is 1. The highest BCUT2D eigenvalue weighted by Gasteiger charge is 2.26. The normalized spacial score (nSPS) is 14.0. The Labute approximate surface area is 119 Å². The van der Waals surface area contributed by atoms with E-state index in [0.29, 0.717) is 12.3 Å². The largest absolute Gasteiger partial charge is 0.420 e. The molecule has 3 rings (SSSR count). The molecule has 2 aromatic rings. The van der Waals surface area contributed by atoms with Gasteiger partial charge in [-0.2, -0.15) is 0 Å². The van der Waals surface area contributed by atoms with Gasteiger partial charge in [0.05, 0.1) is 12.2 Å². The molecule has 0 atom stereocenters. The number of aryl methyl sites for hydroxylation is 1. The van der Waals surface area contributed by atoms with Gasteiger partial charge in [0.2, 0.25) is 0 Å². The van der Waals surface area contributed by atoms with Crippen LogP contribution in [0.15, 0.2) is 46.9 Å². The van der Waals surface area contributed by atoms with E-state index >= 15 is 0 Å². The number of rotatable bonds is 1. The number of hydrogen-bond donors (Lipinski definition) is 0. The molecule has 0 saturated carbocycles. The van der Waals surface area contributed by atoms with Gasteiger partial charge in [-0.15, -0.1) is 0 Å². The number of hydrogen-bond acceptors (Lipinski definition) is 2. The average Bonchev–Trinajstić information content (AvgIpc) is 2.39. The van der Waals surface area contributed by atoms with Gasteiger partial charge in [0.25, 0.3) is 0 Å². The van der Waals surface area contributed by atoms with E-state index in [9.17, 15) is 4.79 Å². The summed E-state index contributed by atoms with van der Waals surface area (Å²) in [4.78, 5) is 13.7. The zero-order valence-electron chi connectivity index (χ0n) is 10.4. The number of carbonyl (C=O) groups is 1. The Bertz CT molecular complexity index is 654. The van der Waals surface area contributed by atoms with Gasteiger partial charge in [0.1, 0.15) is 5.75 Å². The van der Waals surface area contributed by atoms with E-state index in [4.69, 9.17) is 4.74 Å². The SMILES string of the molecule is Cc1ccccc1N1Cc2cc(Br)ccc2OC1=O. The first-order chi connectivity index (χ1) is 9.15. The highest BCUT2D eigenvalue weighted by atomic mass is 79.9. The van der Waals surface area contributed by atoms with Crippen molar-refractivity contribution in [2.75, 3.05) is 4.90 Å². The standard InChI is InChI=1S/C15H12BrNO2/c1-10-4-2-3-5-13(10)17-9-11-8-12(16)6-7-14(11)19-15(17)18/h2-8H,9H2,1H3. The number of amides is 1.